The van der Waals surface area contributed by atoms with Crippen molar-refractivity contribution < 1.29 is 23.8 Å². The Morgan fingerprint density at radius 2 is 2.15 bits per heavy atom. The molecule has 1 rings (SSSR count). The second-order valence-electron chi connectivity index (χ2n) is 4.57. The summed E-state index contributed by atoms with van der Waals surface area (Å²) in [5.74, 6) is -0.664. The summed E-state index contributed by atoms with van der Waals surface area (Å²) in [6.45, 7) is 3.48. The van der Waals surface area contributed by atoms with Crippen molar-refractivity contribution in [3.05, 3.63) is 29.6 Å². The van der Waals surface area contributed by atoms with Crippen molar-refractivity contribution in [3.63, 3.8) is 0 Å². The van der Waals surface area contributed by atoms with Gasteiger partial charge in [-0.05, 0) is 26.0 Å². The van der Waals surface area contributed by atoms with Gasteiger partial charge in [0.1, 0.15) is 11.6 Å². The molecule has 1 amide bonds. The molecule has 112 valence electrons. The van der Waals surface area contributed by atoms with Crippen LogP contribution in [0.2, 0.25) is 0 Å². The third-order valence-electron chi connectivity index (χ3n) is 2.61. The highest BCUT2D eigenvalue weighted by Gasteiger charge is 2.13. The molecule has 0 fully saturated rings. The predicted molar refractivity (Wildman–Crippen MR) is 72.0 cm³/mol. The molecule has 0 aromatic heterocycles. The van der Waals surface area contributed by atoms with E-state index >= 15 is 0 Å². The first-order valence-electron chi connectivity index (χ1n) is 6.32. The van der Waals surface area contributed by atoms with E-state index in [2.05, 4.69) is 5.32 Å². The van der Waals surface area contributed by atoms with E-state index in [9.17, 15) is 14.3 Å². The van der Waals surface area contributed by atoms with Crippen LogP contribution in [0.5, 0.6) is 5.75 Å². The Morgan fingerprint density at radius 1 is 1.45 bits per heavy atom. The molecule has 0 aliphatic carbocycles. The Kier molecular flexibility index (Phi) is 6.41. The van der Waals surface area contributed by atoms with Gasteiger partial charge in [0.15, 0.2) is 6.61 Å². The SMILES string of the molecule is COCC(C)NC(=O)COc1cc(F)ccc1C(C)O. The molecule has 0 saturated carbocycles. The van der Waals surface area contributed by atoms with Crippen LogP contribution in [0.15, 0.2) is 18.2 Å². The van der Waals surface area contributed by atoms with Crippen LogP contribution in [0, 0.1) is 5.82 Å². The van der Waals surface area contributed by atoms with Gasteiger partial charge in [0.2, 0.25) is 0 Å². The molecule has 1 aromatic carbocycles. The zero-order chi connectivity index (χ0) is 15.1. The molecule has 5 nitrogen and oxygen atoms in total. The highest BCUT2D eigenvalue weighted by Crippen LogP contribution is 2.25. The lowest BCUT2D eigenvalue weighted by Gasteiger charge is -2.15. The van der Waals surface area contributed by atoms with E-state index in [1.165, 1.54) is 12.1 Å². The quantitative estimate of drug-likeness (QED) is 0.795. The average molecular weight is 285 g/mol. The fourth-order valence-electron chi connectivity index (χ4n) is 1.73. The van der Waals surface area contributed by atoms with E-state index in [-0.39, 0.29) is 24.3 Å². The van der Waals surface area contributed by atoms with Crippen LogP contribution < -0.4 is 10.1 Å². The summed E-state index contributed by atoms with van der Waals surface area (Å²) in [6, 6.07) is 3.67. The van der Waals surface area contributed by atoms with Crippen molar-refractivity contribution in [3.8, 4) is 5.75 Å². The number of aliphatic hydroxyl groups is 1. The standard InChI is InChI=1S/C14H20FNO4/c1-9(7-19-3)16-14(18)8-20-13-6-11(15)4-5-12(13)10(2)17/h4-6,9-10,17H,7-8H2,1-3H3,(H,16,18). The number of carbonyl (C=O) groups is 1. The van der Waals surface area contributed by atoms with Crippen LogP contribution in [0.3, 0.4) is 0 Å². The Labute approximate surface area is 117 Å². The molecule has 0 bridgehead atoms. The van der Waals surface area contributed by atoms with Crippen LogP contribution in [-0.2, 0) is 9.53 Å². The maximum atomic E-state index is 13.2. The first-order chi connectivity index (χ1) is 9.43. The van der Waals surface area contributed by atoms with Crippen molar-refractivity contribution >= 4 is 5.91 Å². The normalized spacial score (nSPS) is 13.7. The summed E-state index contributed by atoms with van der Waals surface area (Å²) < 4.78 is 23.3. The van der Waals surface area contributed by atoms with Gasteiger partial charge in [0, 0.05) is 24.8 Å². The van der Waals surface area contributed by atoms with Gasteiger partial charge < -0.3 is 19.9 Å². The van der Waals surface area contributed by atoms with Crippen molar-refractivity contribution in [2.75, 3.05) is 20.3 Å². The minimum absolute atomic E-state index is 0.139. The van der Waals surface area contributed by atoms with Gasteiger partial charge in [-0.15, -0.1) is 0 Å². The fourth-order valence-corrected chi connectivity index (χ4v) is 1.73. The molecule has 0 aliphatic heterocycles. The molecular formula is C14H20FNO4. The summed E-state index contributed by atoms with van der Waals surface area (Å²) >= 11 is 0. The Balaban J connectivity index is 2.61. The predicted octanol–water partition coefficient (Wildman–Crippen LogP) is 1.41. The van der Waals surface area contributed by atoms with Crippen LogP contribution >= 0.6 is 0 Å². The number of nitrogens with one attached hydrogen (secondary N) is 1. The number of benzene rings is 1. The minimum atomic E-state index is -0.805. The van der Waals surface area contributed by atoms with Gasteiger partial charge in [0.05, 0.1) is 12.7 Å². The van der Waals surface area contributed by atoms with E-state index in [1.807, 2.05) is 0 Å². The molecule has 2 unspecified atom stereocenters. The number of hydrogen-bond donors (Lipinski definition) is 2. The highest BCUT2D eigenvalue weighted by molar-refractivity contribution is 5.77. The Bertz CT molecular complexity index is 451. The molecule has 6 heteroatoms. The first-order valence-corrected chi connectivity index (χ1v) is 6.32. The molecule has 0 aliphatic rings. The van der Waals surface area contributed by atoms with Gasteiger partial charge in [-0.2, -0.15) is 0 Å². The third kappa shape index (κ3) is 5.14. The van der Waals surface area contributed by atoms with Crippen molar-refractivity contribution in [2.24, 2.45) is 0 Å². The van der Waals surface area contributed by atoms with E-state index in [0.717, 1.165) is 6.07 Å². The number of hydrogen-bond acceptors (Lipinski definition) is 4. The summed E-state index contributed by atoms with van der Waals surface area (Å²) in [6.07, 6.45) is -0.805. The first kappa shape index (κ1) is 16.4. The summed E-state index contributed by atoms with van der Waals surface area (Å²) in [7, 11) is 1.54. The number of halogens is 1. The number of amides is 1. The maximum absolute atomic E-state index is 13.2. The zero-order valence-corrected chi connectivity index (χ0v) is 11.9. The molecule has 20 heavy (non-hydrogen) atoms. The second kappa shape index (κ2) is 7.81. The van der Waals surface area contributed by atoms with E-state index in [0.29, 0.717) is 12.2 Å². The van der Waals surface area contributed by atoms with Gasteiger partial charge in [-0.1, -0.05) is 0 Å². The highest BCUT2D eigenvalue weighted by atomic mass is 19.1. The van der Waals surface area contributed by atoms with E-state index in [4.69, 9.17) is 9.47 Å². The van der Waals surface area contributed by atoms with Crippen molar-refractivity contribution in [1.29, 1.82) is 0 Å². The van der Waals surface area contributed by atoms with Gasteiger partial charge in [-0.3, -0.25) is 4.79 Å². The van der Waals surface area contributed by atoms with Gasteiger partial charge in [-0.25, -0.2) is 4.39 Å². The minimum Gasteiger partial charge on any atom is -0.483 e. The largest absolute Gasteiger partial charge is 0.483 e. The number of ether oxygens (including phenoxy) is 2. The van der Waals surface area contributed by atoms with Gasteiger partial charge in [0.25, 0.3) is 5.91 Å². The zero-order valence-electron chi connectivity index (χ0n) is 11.9. The van der Waals surface area contributed by atoms with E-state index in [1.54, 1.807) is 21.0 Å². The number of carbonyl (C=O) groups excluding carboxylic acids is 1. The Hall–Kier alpha value is -1.66. The molecule has 1 aromatic rings. The monoisotopic (exact) mass is 285 g/mol. The lowest BCUT2D eigenvalue weighted by Crippen LogP contribution is -2.38. The third-order valence-corrected chi connectivity index (χ3v) is 2.61. The molecule has 0 heterocycles. The summed E-state index contributed by atoms with van der Waals surface area (Å²) in [5, 5.41) is 12.2. The lowest BCUT2D eigenvalue weighted by molar-refractivity contribution is -0.124. The molecule has 0 radical (unpaired) electrons. The molecular weight excluding hydrogens is 265 g/mol. The van der Waals surface area contributed by atoms with Crippen LogP contribution in [0.4, 0.5) is 4.39 Å². The number of methoxy groups -OCH3 is 1. The van der Waals surface area contributed by atoms with Crippen molar-refractivity contribution in [2.45, 2.75) is 26.0 Å². The van der Waals surface area contributed by atoms with E-state index < -0.39 is 11.9 Å². The number of aliphatic hydroxyl groups excluding tert-OH is 1. The van der Waals surface area contributed by atoms with Gasteiger partial charge >= 0.3 is 0 Å². The molecule has 0 saturated heterocycles. The smallest absolute Gasteiger partial charge is 0.258 e. The maximum Gasteiger partial charge on any atom is 0.258 e. The summed E-state index contributed by atoms with van der Waals surface area (Å²) in [4.78, 5) is 11.6. The molecule has 2 atom stereocenters. The fraction of sp³-hybridized carbons (Fsp3) is 0.500. The van der Waals surface area contributed by atoms with Crippen LogP contribution in [-0.4, -0.2) is 37.4 Å². The Morgan fingerprint density at radius 3 is 2.75 bits per heavy atom. The molecule has 2 N–H and O–H groups in total. The van der Waals surface area contributed by atoms with Crippen molar-refractivity contribution in [1.82, 2.24) is 5.32 Å². The topological polar surface area (TPSA) is 67.8 Å². The van der Waals surface area contributed by atoms with Crippen LogP contribution in [0.25, 0.3) is 0 Å². The number of rotatable bonds is 7. The molecule has 0 spiro atoms. The lowest BCUT2D eigenvalue weighted by atomic mass is 10.1. The second-order valence-corrected chi connectivity index (χ2v) is 4.57. The average Bonchev–Trinajstić information content (AvgIpc) is 2.36. The van der Waals surface area contributed by atoms with Crippen LogP contribution in [0.1, 0.15) is 25.5 Å². The summed E-state index contributed by atoms with van der Waals surface area (Å²) in [5.41, 5.74) is 0.434.